The second-order valence-corrected chi connectivity index (χ2v) is 5.47. The Morgan fingerprint density at radius 1 is 1.43 bits per heavy atom. The van der Waals surface area contributed by atoms with E-state index in [1.54, 1.807) is 0 Å². The van der Waals surface area contributed by atoms with Gasteiger partial charge in [-0.2, -0.15) is 5.26 Å². The molecule has 1 aliphatic carbocycles. The molecular weight excluding hydrogens is 172 g/mol. The molecule has 0 radical (unpaired) electrons. The fourth-order valence-electron chi connectivity index (χ4n) is 2.83. The van der Waals surface area contributed by atoms with E-state index in [1.807, 2.05) is 0 Å². The van der Waals surface area contributed by atoms with E-state index in [9.17, 15) is 0 Å². The number of nitriles is 1. The molecule has 1 N–H and O–H groups in total. The van der Waals surface area contributed by atoms with Crippen molar-refractivity contribution < 1.29 is 0 Å². The van der Waals surface area contributed by atoms with E-state index in [0.29, 0.717) is 17.9 Å². The van der Waals surface area contributed by atoms with Gasteiger partial charge in [-0.25, -0.2) is 0 Å². The van der Waals surface area contributed by atoms with Crippen molar-refractivity contribution in [2.24, 2.45) is 11.3 Å². The molecule has 0 spiro atoms. The summed E-state index contributed by atoms with van der Waals surface area (Å²) in [7, 11) is 0. The van der Waals surface area contributed by atoms with Gasteiger partial charge < -0.3 is 5.32 Å². The van der Waals surface area contributed by atoms with Gasteiger partial charge in [0.25, 0.3) is 0 Å². The number of nitrogens with one attached hydrogen (secondary N) is 1. The van der Waals surface area contributed by atoms with Gasteiger partial charge in [0, 0.05) is 19.0 Å². The van der Waals surface area contributed by atoms with Gasteiger partial charge in [0.2, 0.25) is 0 Å². The average molecular weight is 194 g/mol. The van der Waals surface area contributed by atoms with Crippen LogP contribution in [0.5, 0.6) is 0 Å². The molecule has 2 nitrogen and oxygen atoms in total. The molecule has 0 aromatic carbocycles. The molecule has 0 bridgehead atoms. The minimum absolute atomic E-state index is 0.474. The predicted octanol–water partition coefficient (Wildman–Crippen LogP) is 2.70. The summed E-state index contributed by atoms with van der Waals surface area (Å²) in [6.45, 7) is 7.88. The van der Waals surface area contributed by atoms with E-state index >= 15 is 0 Å². The highest BCUT2D eigenvalue weighted by atomic mass is 14.9. The number of nitrogens with zero attached hydrogens (tertiary/aromatic N) is 1. The van der Waals surface area contributed by atoms with Gasteiger partial charge in [-0.05, 0) is 30.6 Å². The van der Waals surface area contributed by atoms with Crippen molar-refractivity contribution in [1.29, 1.82) is 5.26 Å². The summed E-state index contributed by atoms with van der Waals surface area (Å²) in [4.78, 5) is 0. The van der Waals surface area contributed by atoms with Crippen LogP contribution < -0.4 is 5.32 Å². The van der Waals surface area contributed by atoms with Crippen LogP contribution >= 0.6 is 0 Å². The lowest BCUT2D eigenvalue weighted by atomic mass is 9.70. The van der Waals surface area contributed by atoms with Crippen LogP contribution in [-0.4, -0.2) is 12.6 Å². The quantitative estimate of drug-likeness (QED) is 0.701. The first-order valence-corrected chi connectivity index (χ1v) is 5.64. The summed E-state index contributed by atoms with van der Waals surface area (Å²) in [5, 5.41) is 11.9. The summed E-state index contributed by atoms with van der Waals surface area (Å²) in [6.07, 6.45) is 4.49. The smallest absolute Gasteiger partial charge is 0.0635 e. The van der Waals surface area contributed by atoms with Gasteiger partial charge in [-0.1, -0.05) is 20.8 Å². The van der Waals surface area contributed by atoms with E-state index < -0.39 is 0 Å². The summed E-state index contributed by atoms with van der Waals surface area (Å²) < 4.78 is 0. The molecule has 1 aliphatic rings. The van der Waals surface area contributed by atoms with Crippen molar-refractivity contribution in [3.63, 3.8) is 0 Å². The van der Waals surface area contributed by atoms with Crippen LogP contribution in [0, 0.1) is 22.7 Å². The number of hydrogen-bond donors (Lipinski definition) is 1. The maximum absolute atomic E-state index is 8.46. The van der Waals surface area contributed by atoms with Crippen LogP contribution in [0.15, 0.2) is 0 Å². The zero-order valence-corrected chi connectivity index (χ0v) is 9.64. The van der Waals surface area contributed by atoms with E-state index in [4.69, 9.17) is 5.26 Å². The lowest BCUT2D eigenvalue weighted by Gasteiger charge is -2.39. The van der Waals surface area contributed by atoms with Crippen molar-refractivity contribution in [2.45, 2.75) is 52.5 Å². The molecule has 1 saturated carbocycles. The molecule has 0 aliphatic heterocycles. The Morgan fingerprint density at radius 3 is 2.71 bits per heavy atom. The predicted molar refractivity (Wildman–Crippen MR) is 58.8 cm³/mol. The molecule has 1 fully saturated rings. The summed E-state index contributed by atoms with van der Waals surface area (Å²) in [5.74, 6) is 0.818. The van der Waals surface area contributed by atoms with Gasteiger partial charge in [0.1, 0.15) is 0 Å². The monoisotopic (exact) mass is 194 g/mol. The minimum atomic E-state index is 0.474. The molecule has 0 saturated heterocycles. The van der Waals surface area contributed by atoms with E-state index in [2.05, 4.69) is 32.2 Å². The maximum atomic E-state index is 8.46. The molecule has 0 amide bonds. The molecule has 0 aromatic rings. The molecule has 0 heterocycles. The molecule has 2 atom stereocenters. The molecule has 1 rings (SSSR count). The highest BCUT2D eigenvalue weighted by Gasteiger charge is 2.31. The van der Waals surface area contributed by atoms with Gasteiger partial charge in [-0.15, -0.1) is 0 Å². The highest BCUT2D eigenvalue weighted by Crippen LogP contribution is 2.38. The zero-order valence-electron chi connectivity index (χ0n) is 9.64. The zero-order chi connectivity index (χ0) is 10.6. The first-order valence-electron chi connectivity index (χ1n) is 5.64. The van der Waals surface area contributed by atoms with Gasteiger partial charge >= 0.3 is 0 Å². The molecular formula is C12H22N2. The number of hydrogen-bond acceptors (Lipinski definition) is 2. The first-order chi connectivity index (χ1) is 6.53. The lowest BCUT2D eigenvalue weighted by Crippen LogP contribution is -2.40. The maximum Gasteiger partial charge on any atom is 0.0635 e. The lowest BCUT2D eigenvalue weighted by molar-refractivity contribution is 0.152. The summed E-state index contributed by atoms with van der Waals surface area (Å²) in [6, 6.07) is 2.80. The molecule has 0 aromatic heterocycles. The number of rotatable bonds is 3. The standard InChI is InChI=1S/C12H22N2/c1-10-7-11(14-6-4-5-13)9-12(2,3)8-10/h10-11,14H,4,6-9H2,1-3H3. The Labute approximate surface area is 87.7 Å². The van der Waals surface area contributed by atoms with Crippen molar-refractivity contribution >= 4 is 0 Å². The van der Waals surface area contributed by atoms with Crippen molar-refractivity contribution in [1.82, 2.24) is 5.32 Å². The van der Waals surface area contributed by atoms with Crippen molar-refractivity contribution in [3.05, 3.63) is 0 Å². The second-order valence-electron chi connectivity index (χ2n) is 5.47. The van der Waals surface area contributed by atoms with Crippen LogP contribution in [0.3, 0.4) is 0 Å². The molecule has 2 heteroatoms. The van der Waals surface area contributed by atoms with Gasteiger partial charge in [-0.3, -0.25) is 0 Å². The Hall–Kier alpha value is -0.550. The molecule has 14 heavy (non-hydrogen) atoms. The average Bonchev–Trinajstić information content (AvgIpc) is 2.00. The fourth-order valence-corrected chi connectivity index (χ4v) is 2.83. The van der Waals surface area contributed by atoms with E-state index in [1.165, 1.54) is 19.3 Å². The first kappa shape index (κ1) is 11.5. The third kappa shape index (κ3) is 3.67. The third-order valence-electron chi connectivity index (χ3n) is 3.06. The third-order valence-corrected chi connectivity index (χ3v) is 3.06. The summed E-state index contributed by atoms with van der Waals surface area (Å²) >= 11 is 0. The van der Waals surface area contributed by atoms with Crippen LogP contribution in [0.4, 0.5) is 0 Å². The Kier molecular flexibility index (Phi) is 3.95. The molecule has 2 unspecified atom stereocenters. The highest BCUT2D eigenvalue weighted by molar-refractivity contribution is 4.87. The van der Waals surface area contributed by atoms with Crippen molar-refractivity contribution in [3.8, 4) is 6.07 Å². The normalized spacial score (nSPS) is 31.0. The van der Waals surface area contributed by atoms with Crippen LogP contribution in [0.1, 0.15) is 46.5 Å². The van der Waals surface area contributed by atoms with Crippen molar-refractivity contribution in [2.75, 3.05) is 6.54 Å². The van der Waals surface area contributed by atoms with Gasteiger partial charge in [0.15, 0.2) is 0 Å². The fraction of sp³-hybridized carbons (Fsp3) is 0.917. The van der Waals surface area contributed by atoms with Gasteiger partial charge in [0.05, 0.1) is 6.07 Å². The topological polar surface area (TPSA) is 35.8 Å². The molecule has 80 valence electrons. The van der Waals surface area contributed by atoms with E-state index in [-0.39, 0.29) is 0 Å². The Morgan fingerprint density at radius 2 is 2.14 bits per heavy atom. The van der Waals surface area contributed by atoms with Crippen LogP contribution in [0.2, 0.25) is 0 Å². The second kappa shape index (κ2) is 4.79. The van der Waals surface area contributed by atoms with Crippen LogP contribution in [0.25, 0.3) is 0 Å². The summed E-state index contributed by atoms with van der Waals surface area (Å²) in [5.41, 5.74) is 0.474. The Balaban J connectivity index is 2.35. The largest absolute Gasteiger partial charge is 0.313 e. The Bertz CT molecular complexity index is 215. The SMILES string of the molecule is CC1CC(NCCC#N)CC(C)(C)C1. The van der Waals surface area contributed by atoms with Crippen LogP contribution in [-0.2, 0) is 0 Å². The minimum Gasteiger partial charge on any atom is -0.313 e. The van der Waals surface area contributed by atoms with E-state index in [0.717, 1.165) is 12.5 Å².